The first-order chi connectivity index (χ1) is 17.1. The molecule has 3 aromatic rings. The summed E-state index contributed by atoms with van der Waals surface area (Å²) in [5.74, 6) is -0.0859. The molecule has 0 saturated carbocycles. The third-order valence-corrected chi connectivity index (χ3v) is 4.71. The van der Waals surface area contributed by atoms with Gasteiger partial charge in [-0.2, -0.15) is 13.2 Å². The number of rotatable bonds is 8. The molecule has 3 N–H and O–H groups in total. The monoisotopic (exact) mass is 498 g/mol. The van der Waals surface area contributed by atoms with Crippen LogP contribution in [0.15, 0.2) is 73.4 Å². The van der Waals surface area contributed by atoms with Gasteiger partial charge in [0.25, 0.3) is 0 Å². The second kappa shape index (κ2) is 11.2. The third-order valence-electron chi connectivity index (χ3n) is 4.71. The largest absolute Gasteiger partial charge is 0.457 e. The molecule has 0 unspecified atom stereocenters. The number of anilines is 3. The van der Waals surface area contributed by atoms with E-state index in [9.17, 15) is 27.6 Å². The fourth-order valence-corrected chi connectivity index (χ4v) is 2.99. The molecule has 8 nitrogen and oxygen atoms in total. The Bertz CT molecular complexity index is 1290. The highest BCUT2D eigenvalue weighted by atomic mass is 19.4. The molecular weight excluding hydrogens is 477 g/mol. The smallest absolute Gasteiger partial charge is 0.418 e. The summed E-state index contributed by atoms with van der Waals surface area (Å²) in [4.78, 5) is 39.5. The summed E-state index contributed by atoms with van der Waals surface area (Å²) in [7, 11) is 0. The van der Waals surface area contributed by atoms with Crippen molar-refractivity contribution in [2.75, 3.05) is 16.0 Å². The van der Waals surface area contributed by atoms with Crippen LogP contribution >= 0.6 is 0 Å². The van der Waals surface area contributed by atoms with E-state index in [1.54, 1.807) is 25.1 Å². The number of Topliss-reactive ketones (excluding diaryl/α,β-unsaturated/α-hetero) is 1. The van der Waals surface area contributed by atoms with Crippen molar-refractivity contribution in [3.8, 4) is 11.5 Å². The predicted molar refractivity (Wildman–Crippen MR) is 128 cm³/mol. The fourth-order valence-electron chi connectivity index (χ4n) is 2.99. The minimum absolute atomic E-state index is 0.121. The van der Waals surface area contributed by atoms with E-state index in [1.165, 1.54) is 30.5 Å². The normalized spacial score (nSPS) is 10.8. The first kappa shape index (κ1) is 25.9. The molecule has 2 aromatic carbocycles. The Balaban J connectivity index is 1.65. The highest BCUT2D eigenvalue weighted by Gasteiger charge is 2.34. The van der Waals surface area contributed by atoms with Crippen molar-refractivity contribution in [3.63, 3.8) is 0 Å². The van der Waals surface area contributed by atoms with Crippen LogP contribution in [0.4, 0.5) is 35.0 Å². The van der Waals surface area contributed by atoms with Crippen LogP contribution in [-0.2, 0) is 11.0 Å². The number of benzene rings is 2. The number of hydrogen-bond acceptors (Lipinski definition) is 5. The second-order valence-electron chi connectivity index (χ2n) is 7.31. The van der Waals surface area contributed by atoms with E-state index >= 15 is 0 Å². The highest BCUT2D eigenvalue weighted by Crippen LogP contribution is 2.36. The Morgan fingerprint density at radius 3 is 2.25 bits per heavy atom. The van der Waals surface area contributed by atoms with Crippen LogP contribution < -0.4 is 20.7 Å². The number of carbonyl (C=O) groups is 3. The van der Waals surface area contributed by atoms with Crippen LogP contribution in [-0.4, -0.2) is 22.7 Å². The number of ketones is 1. The molecule has 0 spiro atoms. The molecule has 0 aliphatic heterocycles. The summed E-state index contributed by atoms with van der Waals surface area (Å²) in [5, 5.41) is 6.91. The SMILES string of the molecule is C=CC(=O)Nc1ccc(NC(=O)Nc2ccc(Oc3ccnc(C(=O)CC)c3)cc2)cc1C(F)(F)F. The molecule has 0 radical (unpaired) electrons. The van der Waals surface area contributed by atoms with Gasteiger partial charge in [-0.25, -0.2) is 4.79 Å². The van der Waals surface area contributed by atoms with Gasteiger partial charge < -0.3 is 20.7 Å². The van der Waals surface area contributed by atoms with E-state index in [0.29, 0.717) is 29.7 Å². The summed E-state index contributed by atoms with van der Waals surface area (Å²) in [6.07, 6.45) is -2.15. The summed E-state index contributed by atoms with van der Waals surface area (Å²) in [5.41, 5.74) is -1.09. The molecule has 0 aliphatic rings. The number of nitrogens with one attached hydrogen (secondary N) is 3. The molecule has 36 heavy (non-hydrogen) atoms. The topological polar surface area (TPSA) is 109 Å². The molecule has 11 heteroatoms. The number of pyridine rings is 1. The van der Waals surface area contributed by atoms with E-state index in [0.717, 1.165) is 12.1 Å². The summed E-state index contributed by atoms with van der Waals surface area (Å²) < 4.78 is 45.9. The average molecular weight is 498 g/mol. The Hall–Kier alpha value is -4.67. The lowest BCUT2D eigenvalue weighted by atomic mass is 10.1. The molecule has 0 aliphatic carbocycles. The molecule has 3 amide bonds. The number of nitrogens with zero attached hydrogens (tertiary/aromatic N) is 1. The predicted octanol–water partition coefficient (Wildman–Crippen LogP) is 6.25. The molecule has 1 heterocycles. The van der Waals surface area contributed by atoms with Gasteiger partial charge in [-0.3, -0.25) is 14.6 Å². The molecule has 0 atom stereocenters. The Kier molecular flexibility index (Phi) is 8.05. The van der Waals surface area contributed by atoms with Crippen LogP contribution in [0.2, 0.25) is 0 Å². The zero-order chi connectivity index (χ0) is 26.3. The van der Waals surface area contributed by atoms with Crippen molar-refractivity contribution in [2.24, 2.45) is 0 Å². The molecular formula is C25H21F3N4O4. The quantitative estimate of drug-likeness (QED) is 0.251. The Labute approximate surface area is 204 Å². The molecule has 186 valence electrons. The van der Waals surface area contributed by atoms with Gasteiger partial charge in [-0.15, -0.1) is 0 Å². The lowest BCUT2D eigenvalue weighted by Gasteiger charge is -2.15. The van der Waals surface area contributed by atoms with Crippen LogP contribution in [0.1, 0.15) is 29.4 Å². The first-order valence-corrected chi connectivity index (χ1v) is 10.6. The van der Waals surface area contributed by atoms with Crippen LogP contribution in [0.5, 0.6) is 11.5 Å². The highest BCUT2D eigenvalue weighted by molar-refractivity contribution is 6.01. The number of hydrogen-bond donors (Lipinski definition) is 3. The second-order valence-corrected chi connectivity index (χ2v) is 7.31. The van der Waals surface area contributed by atoms with Gasteiger partial charge in [0.1, 0.15) is 17.2 Å². The minimum Gasteiger partial charge on any atom is -0.457 e. The standard InChI is InChI=1S/C25H21F3N4O4/c1-3-22(33)21-14-18(11-12-29-21)36-17-8-5-15(6-9-17)30-24(35)31-16-7-10-20(32-23(34)4-2)19(13-16)25(26,27)28/h4-14H,2-3H2,1H3,(H,32,34)(H2,30,31,35). The van der Waals surface area contributed by atoms with E-state index in [4.69, 9.17) is 4.74 Å². The van der Waals surface area contributed by atoms with Crippen molar-refractivity contribution >= 4 is 34.8 Å². The van der Waals surface area contributed by atoms with Crippen LogP contribution in [0.3, 0.4) is 0 Å². The maximum absolute atomic E-state index is 13.4. The van der Waals surface area contributed by atoms with Crippen LogP contribution in [0, 0.1) is 0 Å². The van der Waals surface area contributed by atoms with Gasteiger partial charge in [0, 0.05) is 30.1 Å². The molecule has 0 saturated heterocycles. The Morgan fingerprint density at radius 1 is 0.944 bits per heavy atom. The number of halogens is 3. The van der Waals surface area contributed by atoms with E-state index in [2.05, 4.69) is 27.5 Å². The molecule has 0 bridgehead atoms. The number of ether oxygens (including phenoxy) is 1. The number of alkyl halides is 3. The first-order valence-electron chi connectivity index (χ1n) is 10.6. The fraction of sp³-hybridized carbons (Fsp3) is 0.120. The molecule has 3 rings (SSSR count). The van der Waals surface area contributed by atoms with E-state index < -0.39 is 29.4 Å². The van der Waals surface area contributed by atoms with Gasteiger partial charge in [-0.1, -0.05) is 13.5 Å². The molecule has 0 fully saturated rings. The third kappa shape index (κ3) is 6.92. The van der Waals surface area contributed by atoms with Gasteiger partial charge in [0.15, 0.2) is 5.78 Å². The zero-order valence-electron chi connectivity index (χ0n) is 19.0. The number of amides is 3. The van der Waals surface area contributed by atoms with Gasteiger partial charge >= 0.3 is 12.2 Å². The van der Waals surface area contributed by atoms with Gasteiger partial charge in [-0.05, 0) is 54.6 Å². The zero-order valence-corrected chi connectivity index (χ0v) is 19.0. The maximum atomic E-state index is 13.4. The van der Waals surface area contributed by atoms with Crippen LogP contribution in [0.25, 0.3) is 0 Å². The maximum Gasteiger partial charge on any atom is 0.418 e. The molecule has 1 aromatic heterocycles. The summed E-state index contributed by atoms with van der Waals surface area (Å²) >= 11 is 0. The summed E-state index contributed by atoms with van der Waals surface area (Å²) in [6, 6.07) is 11.5. The number of aromatic nitrogens is 1. The van der Waals surface area contributed by atoms with E-state index in [1.807, 2.05) is 0 Å². The lowest BCUT2D eigenvalue weighted by Crippen LogP contribution is -2.20. The number of urea groups is 1. The van der Waals surface area contributed by atoms with Gasteiger partial charge in [0.05, 0.1) is 11.3 Å². The summed E-state index contributed by atoms with van der Waals surface area (Å²) in [6.45, 7) is 4.93. The minimum atomic E-state index is -4.77. The van der Waals surface area contributed by atoms with E-state index in [-0.39, 0.29) is 17.2 Å². The van der Waals surface area contributed by atoms with Crippen molar-refractivity contribution < 1.29 is 32.3 Å². The Morgan fingerprint density at radius 2 is 1.61 bits per heavy atom. The van der Waals surface area contributed by atoms with Crippen molar-refractivity contribution in [2.45, 2.75) is 19.5 Å². The lowest BCUT2D eigenvalue weighted by molar-refractivity contribution is -0.136. The van der Waals surface area contributed by atoms with Crippen molar-refractivity contribution in [1.82, 2.24) is 4.98 Å². The van der Waals surface area contributed by atoms with Crippen molar-refractivity contribution in [3.05, 3.63) is 84.7 Å². The van der Waals surface area contributed by atoms with Crippen molar-refractivity contribution in [1.29, 1.82) is 0 Å². The average Bonchev–Trinajstić information content (AvgIpc) is 2.85. The number of carbonyl (C=O) groups excluding carboxylic acids is 3. The van der Waals surface area contributed by atoms with Gasteiger partial charge in [0.2, 0.25) is 5.91 Å².